The van der Waals surface area contributed by atoms with Gasteiger partial charge in [-0.05, 0) is 7.05 Å². The van der Waals surface area contributed by atoms with Crippen LogP contribution in [0.4, 0.5) is 0 Å². The second-order valence-corrected chi connectivity index (χ2v) is 4.16. The van der Waals surface area contributed by atoms with Crippen LogP contribution in [0.1, 0.15) is 6.92 Å². The lowest BCUT2D eigenvalue weighted by atomic mass is 10.7. The minimum Gasteiger partial charge on any atom is -0.342 e. The summed E-state index contributed by atoms with van der Waals surface area (Å²) in [7, 11) is 1.96. The van der Waals surface area contributed by atoms with Gasteiger partial charge in [0.15, 0.2) is 0 Å². The first-order chi connectivity index (χ1) is 3.84. The number of hydrogen-bond acceptors (Lipinski definition) is 2. The van der Waals surface area contributed by atoms with E-state index in [1.165, 1.54) is 6.16 Å². The second kappa shape index (κ2) is 2.77. The van der Waals surface area contributed by atoms with Gasteiger partial charge in [-0.15, -0.1) is 0 Å². The molecule has 1 saturated heterocycles. The summed E-state index contributed by atoms with van der Waals surface area (Å²) in [4.78, 5) is 0. The van der Waals surface area contributed by atoms with Crippen molar-refractivity contribution < 1.29 is 4.52 Å². The third kappa shape index (κ3) is 1.19. The van der Waals surface area contributed by atoms with Gasteiger partial charge in [-0.2, -0.15) is 0 Å². The number of hydrogen-bond donors (Lipinski definition) is 0. The lowest BCUT2D eigenvalue weighted by molar-refractivity contribution is 0.394. The molecule has 3 heteroatoms. The first-order valence-electron chi connectivity index (χ1n) is 2.96. The van der Waals surface area contributed by atoms with Crippen molar-refractivity contribution >= 4 is 8.30 Å². The summed E-state index contributed by atoms with van der Waals surface area (Å²) in [5.74, 6) is 0. The van der Waals surface area contributed by atoms with E-state index in [0.29, 0.717) is 0 Å². The Hall–Kier alpha value is 0.350. The molecule has 0 aromatic carbocycles. The second-order valence-electron chi connectivity index (χ2n) is 1.88. The Bertz CT molecular complexity index is 78.8. The lowest BCUT2D eigenvalue weighted by Crippen LogP contribution is -2.06. The van der Waals surface area contributed by atoms with Crippen LogP contribution in [0.15, 0.2) is 0 Å². The molecule has 2 nitrogen and oxygen atoms in total. The highest BCUT2D eigenvalue weighted by Crippen LogP contribution is 2.43. The molecule has 0 aromatic heterocycles. The lowest BCUT2D eigenvalue weighted by Gasteiger charge is -2.13. The van der Waals surface area contributed by atoms with E-state index in [2.05, 4.69) is 18.6 Å². The molecule has 1 aliphatic heterocycles. The average Bonchev–Trinajstić information content (AvgIpc) is 2.14. The Morgan fingerprint density at radius 2 is 2.50 bits per heavy atom. The van der Waals surface area contributed by atoms with Crippen molar-refractivity contribution in [3.63, 3.8) is 0 Å². The number of rotatable bonds is 1. The van der Waals surface area contributed by atoms with Crippen molar-refractivity contribution in [2.75, 3.05) is 26.4 Å². The van der Waals surface area contributed by atoms with Crippen molar-refractivity contribution in [1.29, 1.82) is 0 Å². The summed E-state index contributed by atoms with van der Waals surface area (Å²) in [5.41, 5.74) is 0. The smallest absolute Gasteiger partial charge is 0.103 e. The van der Waals surface area contributed by atoms with Crippen molar-refractivity contribution in [3.8, 4) is 0 Å². The standard InChI is InChI=1S/C5H12NOP/c1-3-8-6(2)4-5-7-8/h3-5H2,1-2H3. The molecule has 0 aromatic rings. The van der Waals surface area contributed by atoms with Gasteiger partial charge in [0.25, 0.3) is 0 Å². The van der Waals surface area contributed by atoms with E-state index in [-0.39, 0.29) is 8.30 Å². The molecule has 1 rings (SSSR count). The molecule has 0 amide bonds. The molecule has 1 aliphatic rings. The maximum absolute atomic E-state index is 5.41. The molecule has 1 atom stereocenters. The largest absolute Gasteiger partial charge is 0.342 e. The Labute approximate surface area is 51.7 Å². The van der Waals surface area contributed by atoms with Gasteiger partial charge in [0.1, 0.15) is 8.30 Å². The zero-order valence-corrected chi connectivity index (χ0v) is 6.32. The van der Waals surface area contributed by atoms with Crippen molar-refractivity contribution in [2.45, 2.75) is 6.92 Å². The van der Waals surface area contributed by atoms with Crippen LogP contribution < -0.4 is 0 Å². The molecule has 0 saturated carbocycles. The predicted molar refractivity (Wildman–Crippen MR) is 36.0 cm³/mol. The molecule has 1 unspecified atom stereocenters. The van der Waals surface area contributed by atoms with Crippen LogP contribution in [-0.2, 0) is 4.52 Å². The molecular formula is C5H12NOP. The minimum absolute atomic E-state index is 0.171. The monoisotopic (exact) mass is 133 g/mol. The van der Waals surface area contributed by atoms with Gasteiger partial charge in [-0.25, -0.2) is 0 Å². The van der Waals surface area contributed by atoms with E-state index < -0.39 is 0 Å². The molecule has 8 heavy (non-hydrogen) atoms. The number of nitrogens with zero attached hydrogens (tertiary/aromatic N) is 1. The van der Waals surface area contributed by atoms with E-state index in [4.69, 9.17) is 4.52 Å². The van der Waals surface area contributed by atoms with Crippen LogP contribution in [0, 0.1) is 0 Å². The van der Waals surface area contributed by atoms with Crippen molar-refractivity contribution in [2.24, 2.45) is 0 Å². The fourth-order valence-electron chi connectivity index (χ4n) is 0.821. The minimum atomic E-state index is -0.171. The Morgan fingerprint density at radius 3 is 2.75 bits per heavy atom. The molecule has 0 aliphatic carbocycles. The van der Waals surface area contributed by atoms with E-state index in [9.17, 15) is 0 Å². The quantitative estimate of drug-likeness (QED) is 0.499. The molecule has 1 fully saturated rings. The summed E-state index contributed by atoms with van der Waals surface area (Å²) in [6.07, 6.45) is 1.17. The zero-order valence-electron chi connectivity index (χ0n) is 5.42. The van der Waals surface area contributed by atoms with Crippen LogP contribution in [0.3, 0.4) is 0 Å². The van der Waals surface area contributed by atoms with E-state index in [1.807, 2.05) is 0 Å². The van der Waals surface area contributed by atoms with Crippen LogP contribution in [-0.4, -0.2) is 31.0 Å². The summed E-state index contributed by atoms with van der Waals surface area (Å²) >= 11 is 0. The van der Waals surface area contributed by atoms with Gasteiger partial charge in [-0.1, -0.05) is 6.92 Å². The molecule has 0 spiro atoms. The van der Waals surface area contributed by atoms with Crippen molar-refractivity contribution in [3.05, 3.63) is 0 Å². The summed E-state index contributed by atoms with van der Waals surface area (Å²) in [5, 5.41) is 0. The highest BCUT2D eigenvalue weighted by atomic mass is 31.2. The van der Waals surface area contributed by atoms with Gasteiger partial charge in [0.2, 0.25) is 0 Å². The maximum Gasteiger partial charge on any atom is 0.103 e. The van der Waals surface area contributed by atoms with Gasteiger partial charge < -0.3 is 4.52 Å². The van der Waals surface area contributed by atoms with E-state index >= 15 is 0 Å². The van der Waals surface area contributed by atoms with Gasteiger partial charge in [-0.3, -0.25) is 4.67 Å². The molecular weight excluding hydrogens is 121 g/mol. The van der Waals surface area contributed by atoms with Crippen molar-refractivity contribution in [1.82, 2.24) is 4.67 Å². The predicted octanol–water partition coefficient (Wildman–Crippen LogP) is 1.28. The first kappa shape index (κ1) is 6.47. The molecule has 1 heterocycles. The molecule has 0 bridgehead atoms. The normalized spacial score (nSPS) is 31.5. The third-order valence-corrected chi connectivity index (χ3v) is 3.29. The molecule has 48 valence electrons. The highest BCUT2D eigenvalue weighted by Gasteiger charge is 2.18. The van der Waals surface area contributed by atoms with Gasteiger partial charge in [0.05, 0.1) is 6.61 Å². The first-order valence-corrected chi connectivity index (χ1v) is 4.36. The van der Waals surface area contributed by atoms with Crippen LogP contribution in [0.25, 0.3) is 0 Å². The third-order valence-electron chi connectivity index (χ3n) is 1.31. The van der Waals surface area contributed by atoms with Crippen LogP contribution in [0.2, 0.25) is 0 Å². The van der Waals surface area contributed by atoms with E-state index in [1.54, 1.807) is 0 Å². The SMILES string of the molecule is CCP1OCCN1C. The highest BCUT2D eigenvalue weighted by molar-refractivity contribution is 7.50. The summed E-state index contributed by atoms with van der Waals surface area (Å²) < 4.78 is 7.71. The van der Waals surface area contributed by atoms with Crippen LogP contribution in [0.5, 0.6) is 0 Å². The molecule has 0 radical (unpaired) electrons. The topological polar surface area (TPSA) is 12.5 Å². The summed E-state index contributed by atoms with van der Waals surface area (Å²) in [6, 6.07) is 0. The summed E-state index contributed by atoms with van der Waals surface area (Å²) in [6.45, 7) is 4.24. The fraction of sp³-hybridized carbons (Fsp3) is 1.00. The Morgan fingerprint density at radius 1 is 1.75 bits per heavy atom. The van der Waals surface area contributed by atoms with Gasteiger partial charge in [0, 0.05) is 12.7 Å². The Balaban J connectivity index is 2.30. The fourth-order valence-corrected chi connectivity index (χ4v) is 2.28. The number of likely N-dealkylation sites (N-methyl/N-ethyl adjacent to an activating group) is 1. The molecule has 0 N–H and O–H groups in total. The van der Waals surface area contributed by atoms with Gasteiger partial charge >= 0.3 is 0 Å². The van der Waals surface area contributed by atoms with Crippen LogP contribution >= 0.6 is 8.30 Å². The average molecular weight is 133 g/mol. The maximum atomic E-state index is 5.41. The Kier molecular flexibility index (Phi) is 2.24. The zero-order chi connectivity index (χ0) is 5.98. The van der Waals surface area contributed by atoms with E-state index in [0.717, 1.165) is 13.2 Å².